The summed E-state index contributed by atoms with van der Waals surface area (Å²) in [5, 5.41) is 4.17. The number of hydrogen-bond donors (Lipinski definition) is 1. The molecule has 0 aliphatic rings. The Labute approximate surface area is 135 Å². The molecule has 0 spiro atoms. The summed E-state index contributed by atoms with van der Waals surface area (Å²) in [5.74, 6) is -1.74. The van der Waals surface area contributed by atoms with E-state index in [4.69, 9.17) is 11.6 Å². The van der Waals surface area contributed by atoms with Crippen LogP contribution in [-0.4, -0.2) is 17.9 Å². The number of rotatable bonds is 5. The summed E-state index contributed by atoms with van der Waals surface area (Å²) in [6.07, 6.45) is 0.940. The van der Waals surface area contributed by atoms with Crippen LogP contribution in [0.25, 0.3) is 0 Å². The lowest BCUT2D eigenvalue weighted by molar-refractivity contribution is -0.118. The molecular formula is C15H11ClF2N2OS. The summed E-state index contributed by atoms with van der Waals surface area (Å²) in [5.41, 5.74) is 1.92. The van der Waals surface area contributed by atoms with E-state index in [1.165, 1.54) is 17.8 Å². The maximum atomic E-state index is 13.3. The molecule has 0 saturated heterocycles. The molecule has 0 heterocycles. The Balaban J connectivity index is 1.85. The fourth-order valence-electron chi connectivity index (χ4n) is 1.51. The molecule has 1 amide bonds. The van der Waals surface area contributed by atoms with Crippen molar-refractivity contribution in [1.29, 1.82) is 0 Å². The zero-order valence-electron chi connectivity index (χ0n) is 11.2. The minimum atomic E-state index is -0.742. The summed E-state index contributed by atoms with van der Waals surface area (Å²) in [4.78, 5) is 12.5. The lowest BCUT2D eigenvalue weighted by Crippen LogP contribution is -2.19. The van der Waals surface area contributed by atoms with Crippen molar-refractivity contribution in [3.8, 4) is 0 Å². The van der Waals surface area contributed by atoms with Crippen LogP contribution in [0.3, 0.4) is 0 Å². The van der Waals surface area contributed by atoms with Gasteiger partial charge in [-0.3, -0.25) is 4.79 Å². The highest BCUT2D eigenvalue weighted by Gasteiger charge is 2.06. The second-order valence-corrected chi connectivity index (χ2v) is 5.66. The van der Waals surface area contributed by atoms with Crippen LogP contribution in [0, 0.1) is 11.6 Å². The molecule has 0 radical (unpaired) electrons. The van der Waals surface area contributed by atoms with Gasteiger partial charge in [-0.05, 0) is 36.4 Å². The second kappa shape index (κ2) is 7.91. The van der Waals surface area contributed by atoms with Crippen LogP contribution in [0.4, 0.5) is 8.78 Å². The fourth-order valence-corrected chi connectivity index (χ4v) is 2.33. The van der Waals surface area contributed by atoms with E-state index in [1.54, 1.807) is 24.3 Å². The highest BCUT2D eigenvalue weighted by molar-refractivity contribution is 8.00. The van der Waals surface area contributed by atoms with Gasteiger partial charge in [0.2, 0.25) is 5.91 Å². The standard InChI is InChI=1S/C15H11ClF2N2OS/c16-10-4-6-11(7-5-10)22-9-15(21)20-19-8-12-13(17)2-1-3-14(12)18/h1-8H,9H2,(H,20,21)/b19-8-. The van der Waals surface area contributed by atoms with E-state index in [0.29, 0.717) is 5.02 Å². The third-order valence-corrected chi connectivity index (χ3v) is 3.83. The smallest absolute Gasteiger partial charge is 0.250 e. The number of carbonyl (C=O) groups is 1. The van der Waals surface area contributed by atoms with Crippen molar-refractivity contribution in [2.24, 2.45) is 5.10 Å². The average Bonchev–Trinajstić information content (AvgIpc) is 2.50. The lowest BCUT2D eigenvalue weighted by Gasteiger charge is -2.01. The Morgan fingerprint density at radius 2 is 1.82 bits per heavy atom. The number of carbonyl (C=O) groups excluding carboxylic acids is 1. The van der Waals surface area contributed by atoms with E-state index in [0.717, 1.165) is 23.2 Å². The van der Waals surface area contributed by atoms with Crippen LogP contribution in [0.5, 0.6) is 0 Å². The van der Waals surface area contributed by atoms with Gasteiger partial charge in [0.1, 0.15) is 11.6 Å². The molecule has 2 rings (SSSR count). The monoisotopic (exact) mass is 340 g/mol. The van der Waals surface area contributed by atoms with Gasteiger partial charge in [-0.2, -0.15) is 5.10 Å². The highest BCUT2D eigenvalue weighted by atomic mass is 35.5. The van der Waals surface area contributed by atoms with Crippen molar-refractivity contribution >= 4 is 35.5 Å². The number of thioether (sulfide) groups is 1. The molecule has 0 fully saturated rings. The molecule has 0 unspecified atom stereocenters. The van der Waals surface area contributed by atoms with Gasteiger partial charge in [-0.1, -0.05) is 17.7 Å². The molecule has 0 saturated carbocycles. The molecule has 0 aromatic heterocycles. The van der Waals surface area contributed by atoms with Gasteiger partial charge < -0.3 is 0 Å². The van der Waals surface area contributed by atoms with Crippen LogP contribution in [0.15, 0.2) is 52.5 Å². The molecule has 114 valence electrons. The topological polar surface area (TPSA) is 41.5 Å². The summed E-state index contributed by atoms with van der Waals surface area (Å²) in [6.45, 7) is 0. The van der Waals surface area contributed by atoms with E-state index in [1.807, 2.05) is 0 Å². The first kappa shape index (κ1) is 16.5. The first-order chi connectivity index (χ1) is 10.6. The largest absolute Gasteiger partial charge is 0.272 e. The number of hydrazone groups is 1. The van der Waals surface area contributed by atoms with Gasteiger partial charge in [0.15, 0.2) is 0 Å². The summed E-state index contributed by atoms with van der Waals surface area (Å²) < 4.78 is 26.6. The van der Waals surface area contributed by atoms with Crippen LogP contribution in [0.2, 0.25) is 5.02 Å². The minimum absolute atomic E-state index is 0.124. The number of hydrogen-bond acceptors (Lipinski definition) is 3. The Morgan fingerprint density at radius 3 is 2.45 bits per heavy atom. The van der Waals surface area contributed by atoms with Crippen molar-refractivity contribution in [2.45, 2.75) is 4.90 Å². The molecule has 0 aliphatic heterocycles. The maximum absolute atomic E-state index is 13.3. The number of nitrogens with one attached hydrogen (secondary N) is 1. The van der Waals surface area contributed by atoms with Crippen molar-refractivity contribution in [3.63, 3.8) is 0 Å². The normalized spacial score (nSPS) is 10.9. The van der Waals surface area contributed by atoms with Crippen molar-refractivity contribution in [1.82, 2.24) is 5.43 Å². The van der Waals surface area contributed by atoms with Gasteiger partial charge in [0.25, 0.3) is 0 Å². The van der Waals surface area contributed by atoms with Crippen LogP contribution < -0.4 is 5.43 Å². The van der Waals surface area contributed by atoms with E-state index in [-0.39, 0.29) is 17.2 Å². The van der Waals surface area contributed by atoms with Gasteiger partial charge in [0, 0.05) is 9.92 Å². The zero-order valence-corrected chi connectivity index (χ0v) is 12.8. The third kappa shape index (κ3) is 4.82. The molecule has 22 heavy (non-hydrogen) atoms. The predicted molar refractivity (Wildman–Crippen MR) is 84.3 cm³/mol. The second-order valence-electron chi connectivity index (χ2n) is 4.17. The van der Waals surface area contributed by atoms with Crippen LogP contribution in [0.1, 0.15) is 5.56 Å². The first-order valence-corrected chi connectivity index (χ1v) is 7.57. The van der Waals surface area contributed by atoms with Crippen molar-refractivity contribution in [2.75, 3.05) is 5.75 Å². The maximum Gasteiger partial charge on any atom is 0.250 e. The average molecular weight is 341 g/mol. The number of halogens is 3. The Hall–Kier alpha value is -1.92. The number of nitrogens with zero attached hydrogens (tertiary/aromatic N) is 1. The van der Waals surface area contributed by atoms with Gasteiger partial charge in [-0.15, -0.1) is 11.8 Å². The Kier molecular flexibility index (Phi) is 5.91. The quantitative estimate of drug-likeness (QED) is 0.510. The van der Waals surface area contributed by atoms with Crippen LogP contribution >= 0.6 is 23.4 Å². The molecule has 7 heteroatoms. The molecule has 0 atom stereocenters. The number of benzene rings is 2. The molecule has 0 bridgehead atoms. The fraction of sp³-hybridized carbons (Fsp3) is 0.0667. The Bertz CT molecular complexity index is 672. The summed E-state index contributed by atoms with van der Waals surface area (Å²) >= 11 is 7.05. The van der Waals surface area contributed by atoms with Crippen molar-refractivity contribution in [3.05, 3.63) is 64.7 Å². The van der Waals surface area contributed by atoms with Gasteiger partial charge in [0.05, 0.1) is 17.5 Å². The third-order valence-electron chi connectivity index (χ3n) is 2.57. The number of amides is 1. The van der Waals surface area contributed by atoms with Crippen molar-refractivity contribution < 1.29 is 13.6 Å². The minimum Gasteiger partial charge on any atom is -0.272 e. The molecule has 0 aliphatic carbocycles. The molecule has 2 aromatic rings. The molecular weight excluding hydrogens is 330 g/mol. The van der Waals surface area contributed by atoms with E-state index in [2.05, 4.69) is 10.5 Å². The lowest BCUT2D eigenvalue weighted by atomic mass is 10.2. The Morgan fingerprint density at radius 1 is 1.18 bits per heavy atom. The summed E-state index contributed by atoms with van der Waals surface area (Å²) in [6, 6.07) is 10.5. The highest BCUT2D eigenvalue weighted by Crippen LogP contribution is 2.19. The first-order valence-electron chi connectivity index (χ1n) is 6.20. The van der Waals surface area contributed by atoms with E-state index < -0.39 is 11.6 Å². The van der Waals surface area contributed by atoms with E-state index in [9.17, 15) is 13.6 Å². The predicted octanol–water partition coefficient (Wildman–Crippen LogP) is 3.86. The summed E-state index contributed by atoms with van der Waals surface area (Å²) in [7, 11) is 0. The van der Waals surface area contributed by atoms with E-state index >= 15 is 0 Å². The van der Waals surface area contributed by atoms with Crippen LogP contribution in [-0.2, 0) is 4.79 Å². The molecule has 1 N–H and O–H groups in total. The van der Waals surface area contributed by atoms with Gasteiger partial charge in [-0.25, -0.2) is 14.2 Å². The van der Waals surface area contributed by atoms with Gasteiger partial charge >= 0.3 is 0 Å². The SMILES string of the molecule is O=C(CSc1ccc(Cl)cc1)N/N=C\c1c(F)cccc1F. The molecule has 3 nitrogen and oxygen atoms in total. The molecule has 2 aromatic carbocycles. The zero-order chi connectivity index (χ0) is 15.9.